The summed E-state index contributed by atoms with van der Waals surface area (Å²) >= 11 is 0. The molecule has 0 spiro atoms. The van der Waals surface area contributed by atoms with E-state index >= 15 is 0 Å². The second-order valence-corrected chi connectivity index (χ2v) is 7.11. The fourth-order valence-corrected chi connectivity index (χ4v) is 3.85. The summed E-state index contributed by atoms with van der Waals surface area (Å²) in [6.07, 6.45) is 1.20. The molecule has 1 N–H and O–H groups in total. The number of nitrogens with zero attached hydrogens (tertiary/aromatic N) is 3. The van der Waals surface area contributed by atoms with Crippen LogP contribution in [0.25, 0.3) is 33.5 Å². The minimum atomic E-state index is -0.721. The van der Waals surface area contributed by atoms with Crippen molar-refractivity contribution in [3.8, 4) is 11.4 Å². The monoisotopic (exact) mass is 373 g/mol. The van der Waals surface area contributed by atoms with Crippen LogP contribution in [0.2, 0.25) is 0 Å². The number of anilines is 1. The zero-order chi connectivity index (χ0) is 19.1. The van der Waals surface area contributed by atoms with Gasteiger partial charge < -0.3 is 14.4 Å². The van der Waals surface area contributed by atoms with Crippen molar-refractivity contribution in [2.75, 3.05) is 18.0 Å². The van der Waals surface area contributed by atoms with Gasteiger partial charge in [-0.25, -0.2) is 9.97 Å². The molecule has 2 aromatic heterocycles. The van der Waals surface area contributed by atoms with Crippen LogP contribution in [-0.4, -0.2) is 34.1 Å². The molecule has 6 nitrogen and oxygen atoms in total. The van der Waals surface area contributed by atoms with E-state index in [4.69, 9.17) is 14.4 Å². The molecule has 0 aliphatic carbocycles. The molecular weight excluding hydrogens is 354 g/mol. The molecule has 1 aliphatic rings. The molecule has 1 saturated heterocycles. The Morgan fingerprint density at radius 1 is 1.00 bits per heavy atom. The number of rotatable bonds is 3. The van der Waals surface area contributed by atoms with Gasteiger partial charge in [-0.3, -0.25) is 4.79 Å². The van der Waals surface area contributed by atoms with Crippen molar-refractivity contribution < 1.29 is 14.3 Å². The summed E-state index contributed by atoms with van der Waals surface area (Å²) in [5.74, 6) is 0.373. The quantitative estimate of drug-likeness (QED) is 0.575. The molecule has 0 saturated carbocycles. The predicted octanol–water partition coefficient (Wildman–Crippen LogP) is 4.34. The lowest BCUT2D eigenvalue weighted by molar-refractivity contribution is -0.142. The minimum absolute atomic E-state index is 0.294. The van der Waals surface area contributed by atoms with Crippen molar-refractivity contribution in [2.24, 2.45) is 5.92 Å². The Morgan fingerprint density at radius 2 is 1.71 bits per heavy atom. The van der Waals surface area contributed by atoms with Crippen LogP contribution in [0, 0.1) is 5.92 Å². The lowest BCUT2D eigenvalue weighted by atomic mass is 9.97. The summed E-state index contributed by atoms with van der Waals surface area (Å²) in [7, 11) is 0. The summed E-state index contributed by atoms with van der Waals surface area (Å²) in [6.45, 7) is 1.27. The van der Waals surface area contributed by atoms with E-state index in [9.17, 15) is 9.90 Å². The number of hydrogen-bond donors (Lipinski definition) is 1. The van der Waals surface area contributed by atoms with Gasteiger partial charge in [0.2, 0.25) is 0 Å². The van der Waals surface area contributed by atoms with Crippen molar-refractivity contribution in [3.63, 3.8) is 0 Å². The van der Waals surface area contributed by atoms with Crippen LogP contribution < -0.4 is 4.90 Å². The molecule has 0 bridgehead atoms. The fraction of sp³-hybridized carbons (Fsp3) is 0.227. The average molecular weight is 373 g/mol. The summed E-state index contributed by atoms with van der Waals surface area (Å²) < 4.78 is 6.12. The number of aliphatic carboxylic acids is 1. The van der Waals surface area contributed by atoms with E-state index in [1.807, 2.05) is 54.6 Å². The molecule has 1 fully saturated rings. The van der Waals surface area contributed by atoms with Crippen LogP contribution in [0.4, 0.5) is 5.82 Å². The molecule has 0 amide bonds. The molecule has 0 unspecified atom stereocenters. The zero-order valence-electron chi connectivity index (χ0n) is 15.2. The number of furan rings is 1. The number of para-hydroxylation sites is 1. The maximum absolute atomic E-state index is 11.3. The van der Waals surface area contributed by atoms with Gasteiger partial charge in [0.1, 0.15) is 11.1 Å². The average Bonchev–Trinajstić information content (AvgIpc) is 3.12. The first-order chi connectivity index (χ1) is 13.7. The number of carboxylic acid groups (broad SMARTS) is 1. The van der Waals surface area contributed by atoms with Crippen molar-refractivity contribution >= 4 is 33.9 Å². The summed E-state index contributed by atoms with van der Waals surface area (Å²) in [4.78, 5) is 23.1. The Hall–Kier alpha value is -3.41. The second-order valence-electron chi connectivity index (χ2n) is 7.11. The van der Waals surface area contributed by atoms with Gasteiger partial charge in [0.25, 0.3) is 0 Å². The first kappa shape index (κ1) is 16.7. The Labute approximate surface area is 161 Å². The lowest BCUT2D eigenvalue weighted by Crippen LogP contribution is -2.37. The van der Waals surface area contributed by atoms with Gasteiger partial charge in [-0.15, -0.1) is 0 Å². The number of piperidine rings is 1. The molecule has 0 atom stereocenters. The molecule has 2 aromatic carbocycles. The van der Waals surface area contributed by atoms with Crippen molar-refractivity contribution in [1.82, 2.24) is 9.97 Å². The van der Waals surface area contributed by atoms with Gasteiger partial charge in [-0.05, 0) is 25.0 Å². The molecule has 6 heteroatoms. The van der Waals surface area contributed by atoms with E-state index in [0.29, 0.717) is 37.3 Å². The van der Waals surface area contributed by atoms with Gasteiger partial charge in [0.15, 0.2) is 17.2 Å². The third-order valence-electron chi connectivity index (χ3n) is 5.38. The van der Waals surface area contributed by atoms with Crippen molar-refractivity contribution in [2.45, 2.75) is 12.8 Å². The normalized spacial score (nSPS) is 15.4. The van der Waals surface area contributed by atoms with E-state index in [0.717, 1.165) is 27.9 Å². The Balaban J connectivity index is 1.67. The van der Waals surface area contributed by atoms with E-state index in [1.165, 1.54) is 0 Å². The number of carboxylic acids is 1. The largest absolute Gasteiger partial charge is 0.481 e. The summed E-state index contributed by atoms with van der Waals surface area (Å²) in [5, 5.41) is 10.2. The first-order valence-electron chi connectivity index (χ1n) is 9.43. The highest BCUT2D eigenvalue weighted by Gasteiger charge is 2.28. The van der Waals surface area contributed by atoms with Crippen molar-refractivity contribution in [1.29, 1.82) is 0 Å². The predicted molar refractivity (Wildman–Crippen MR) is 107 cm³/mol. The highest BCUT2D eigenvalue weighted by molar-refractivity contribution is 6.06. The van der Waals surface area contributed by atoms with E-state index in [-0.39, 0.29) is 5.92 Å². The van der Waals surface area contributed by atoms with Crippen LogP contribution in [0.1, 0.15) is 12.8 Å². The van der Waals surface area contributed by atoms with E-state index in [2.05, 4.69) is 4.90 Å². The molecule has 140 valence electrons. The number of hydrogen-bond acceptors (Lipinski definition) is 5. The molecule has 28 heavy (non-hydrogen) atoms. The number of aromatic nitrogens is 2. The van der Waals surface area contributed by atoms with Gasteiger partial charge in [-0.2, -0.15) is 0 Å². The standard InChI is InChI=1S/C22H19N3O3/c26-22(27)15-10-12-25(13-11-15)21-19-18(16-8-4-5-9-17(16)28-19)23-20(24-21)14-6-2-1-3-7-14/h1-9,15H,10-13H2,(H,26,27). The number of benzene rings is 2. The van der Waals surface area contributed by atoms with Crippen LogP contribution in [-0.2, 0) is 4.79 Å². The first-order valence-corrected chi connectivity index (χ1v) is 9.43. The summed E-state index contributed by atoms with van der Waals surface area (Å²) in [5.41, 5.74) is 3.17. The zero-order valence-corrected chi connectivity index (χ0v) is 15.2. The molecule has 1 aliphatic heterocycles. The summed E-state index contributed by atoms with van der Waals surface area (Å²) in [6, 6.07) is 17.7. The molecular formula is C22H19N3O3. The van der Waals surface area contributed by atoms with Crippen LogP contribution in [0.5, 0.6) is 0 Å². The molecule has 5 rings (SSSR count). The van der Waals surface area contributed by atoms with Crippen LogP contribution >= 0.6 is 0 Å². The minimum Gasteiger partial charge on any atom is -0.481 e. The third kappa shape index (κ3) is 2.78. The Kier molecular flexibility index (Phi) is 3.97. The maximum Gasteiger partial charge on any atom is 0.306 e. The SMILES string of the molecule is O=C(O)C1CCN(c2nc(-c3ccccc3)nc3c2oc2ccccc23)CC1. The highest BCUT2D eigenvalue weighted by atomic mass is 16.4. The van der Waals surface area contributed by atoms with E-state index in [1.54, 1.807) is 0 Å². The van der Waals surface area contributed by atoms with Crippen molar-refractivity contribution in [3.05, 3.63) is 54.6 Å². The second kappa shape index (κ2) is 6.64. The Bertz CT molecular complexity index is 1160. The number of fused-ring (bicyclic) bond motifs is 3. The molecule has 3 heterocycles. The lowest BCUT2D eigenvalue weighted by Gasteiger charge is -2.31. The Morgan fingerprint density at radius 3 is 2.46 bits per heavy atom. The smallest absolute Gasteiger partial charge is 0.306 e. The topological polar surface area (TPSA) is 79.5 Å². The number of carbonyl (C=O) groups is 1. The van der Waals surface area contributed by atoms with Gasteiger partial charge in [0.05, 0.1) is 5.92 Å². The van der Waals surface area contributed by atoms with Gasteiger partial charge >= 0.3 is 5.97 Å². The fourth-order valence-electron chi connectivity index (χ4n) is 3.85. The van der Waals surface area contributed by atoms with Crippen LogP contribution in [0.15, 0.2) is 59.0 Å². The van der Waals surface area contributed by atoms with Gasteiger partial charge in [0, 0.05) is 24.0 Å². The maximum atomic E-state index is 11.3. The van der Waals surface area contributed by atoms with Gasteiger partial charge in [-0.1, -0.05) is 42.5 Å². The third-order valence-corrected chi connectivity index (χ3v) is 5.38. The van der Waals surface area contributed by atoms with Crippen LogP contribution in [0.3, 0.4) is 0 Å². The van der Waals surface area contributed by atoms with E-state index < -0.39 is 5.97 Å². The molecule has 0 radical (unpaired) electrons. The molecule has 4 aromatic rings. The highest BCUT2D eigenvalue weighted by Crippen LogP contribution is 2.36.